The van der Waals surface area contributed by atoms with Crippen LogP contribution < -0.4 is 0 Å². The van der Waals surface area contributed by atoms with Gasteiger partial charge in [0.2, 0.25) is 0 Å². The second-order valence-corrected chi connectivity index (χ2v) is 5.00. The third kappa shape index (κ3) is 2.29. The molecule has 3 aromatic heterocycles. The van der Waals surface area contributed by atoms with E-state index in [1.165, 1.54) is 6.20 Å². The van der Waals surface area contributed by atoms with Gasteiger partial charge in [0.15, 0.2) is 0 Å². The number of hydrogen-bond acceptors (Lipinski definition) is 2. The molecule has 0 aliphatic carbocycles. The van der Waals surface area contributed by atoms with E-state index in [-0.39, 0.29) is 0 Å². The third-order valence-electron chi connectivity index (χ3n) is 2.86. The number of imidazole rings is 1. The molecule has 0 bridgehead atoms. The molecule has 20 heavy (non-hydrogen) atoms. The van der Waals surface area contributed by atoms with Crippen LogP contribution in [0.5, 0.6) is 0 Å². The lowest BCUT2D eigenvalue weighted by atomic mass is 10.1. The van der Waals surface area contributed by atoms with Crippen LogP contribution in [0.1, 0.15) is 5.56 Å². The Morgan fingerprint density at radius 2 is 1.85 bits per heavy atom. The van der Waals surface area contributed by atoms with E-state index in [0.717, 1.165) is 16.9 Å². The molecule has 3 nitrogen and oxygen atoms in total. The molecular weight excluding hydrogens is 335 g/mol. The first-order valence-electron chi connectivity index (χ1n) is 5.60. The van der Waals surface area contributed by atoms with Gasteiger partial charge in [-0.15, -0.1) is 0 Å². The van der Waals surface area contributed by atoms with Crippen molar-refractivity contribution in [2.24, 2.45) is 0 Å². The first kappa shape index (κ1) is 13.1. The summed E-state index contributed by atoms with van der Waals surface area (Å²) in [7, 11) is 0. The van der Waals surface area contributed by atoms with E-state index in [9.17, 15) is 13.2 Å². The maximum absolute atomic E-state index is 12.7. The van der Waals surface area contributed by atoms with Gasteiger partial charge in [0.05, 0.1) is 11.8 Å². The quantitative estimate of drug-likeness (QED) is 0.664. The Morgan fingerprint density at radius 3 is 2.60 bits per heavy atom. The van der Waals surface area contributed by atoms with Crippen LogP contribution in [0.15, 0.2) is 47.6 Å². The van der Waals surface area contributed by atoms with Crippen molar-refractivity contribution in [3.05, 3.63) is 53.2 Å². The summed E-state index contributed by atoms with van der Waals surface area (Å²) in [6.07, 6.45) is 1.16. The molecule has 3 heterocycles. The summed E-state index contributed by atoms with van der Waals surface area (Å²) in [6, 6.07) is 4.53. The van der Waals surface area contributed by atoms with Gasteiger partial charge < -0.3 is 0 Å². The Labute approximate surface area is 120 Å². The molecule has 0 amide bonds. The highest BCUT2D eigenvalue weighted by molar-refractivity contribution is 9.10. The SMILES string of the molecule is FC(F)(F)c1cncc(-c2ccc3ncc(Br)n3c2)c1. The van der Waals surface area contributed by atoms with Crippen LogP contribution in [-0.4, -0.2) is 14.4 Å². The standard InChI is InChI=1S/C13H7BrF3N3/c14-11-6-19-12-2-1-8(7-20(11)12)9-3-10(5-18-4-9)13(15,16)17/h1-7H. The number of aromatic nitrogens is 3. The molecule has 0 saturated carbocycles. The Kier molecular flexibility index (Phi) is 3.01. The molecule has 7 heteroatoms. The van der Waals surface area contributed by atoms with Gasteiger partial charge in [-0.2, -0.15) is 13.2 Å². The lowest BCUT2D eigenvalue weighted by Crippen LogP contribution is -2.05. The Hall–Kier alpha value is -1.89. The zero-order chi connectivity index (χ0) is 14.3. The van der Waals surface area contributed by atoms with Gasteiger partial charge >= 0.3 is 6.18 Å². The highest BCUT2D eigenvalue weighted by Crippen LogP contribution is 2.31. The number of alkyl halides is 3. The summed E-state index contributed by atoms with van der Waals surface area (Å²) in [5.74, 6) is 0. The molecule has 0 fully saturated rings. The number of nitrogens with zero attached hydrogens (tertiary/aromatic N) is 3. The van der Waals surface area contributed by atoms with Crippen LogP contribution in [0.2, 0.25) is 0 Å². The van der Waals surface area contributed by atoms with Crippen molar-refractivity contribution in [1.82, 2.24) is 14.4 Å². The molecule has 0 aromatic carbocycles. The van der Waals surface area contributed by atoms with Crippen molar-refractivity contribution in [3.8, 4) is 11.1 Å². The summed E-state index contributed by atoms with van der Waals surface area (Å²) in [6.45, 7) is 0. The predicted octanol–water partition coefficient (Wildman–Crippen LogP) is 4.18. The van der Waals surface area contributed by atoms with Crippen LogP contribution in [-0.2, 0) is 6.18 Å². The van der Waals surface area contributed by atoms with Gasteiger partial charge in [-0.1, -0.05) is 0 Å². The average molecular weight is 342 g/mol. The fourth-order valence-corrected chi connectivity index (χ4v) is 2.26. The summed E-state index contributed by atoms with van der Waals surface area (Å²) in [5, 5.41) is 0. The number of rotatable bonds is 1. The summed E-state index contributed by atoms with van der Waals surface area (Å²) < 4.78 is 40.5. The Bertz CT molecular complexity index is 780. The van der Waals surface area contributed by atoms with Crippen LogP contribution >= 0.6 is 15.9 Å². The average Bonchev–Trinajstić information content (AvgIpc) is 2.79. The lowest BCUT2D eigenvalue weighted by Gasteiger charge is -2.08. The van der Waals surface area contributed by atoms with Crippen molar-refractivity contribution < 1.29 is 13.2 Å². The Balaban J connectivity index is 2.13. The van der Waals surface area contributed by atoms with Gasteiger partial charge in [-0.3, -0.25) is 9.38 Å². The molecule has 0 aliphatic heterocycles. The topological polar surface area (TPSA) is 30.2 Å². The molecule has 0 aliphatic rings. The minimum Gasteiger partial charge on any atom is -0.294 e. The number of fused-ring (bicyclic) bond motifs is 1. The monoisotopic (exact) mass is 341 g/mol. The molecular formula is C13H7BrF3N3. The van der Waals surface area contributed by atoms with E-state index in [4.69, 9.17) is 0 Å². The molecule has 0 unspecified atom stereocenters. The molecule has 0 saturated heterocycles. The van der Waals surface area contributed by atoms with E-state index < -0.39 is 11.7 Å². The van der Waals surface area contributed by atoms with Crippen molar-refractivity contribution >= 4 is 21.6 Å². The second-order valence-electron chi connectivity index (χ2n) is 4.19. The second kappa shape index (κ2) is 4.59. The minimum atomic E-state index is -4.40. The summed E-state index contributed by atoms with van der Waals surface area (Å²) in [4.78, 5) is 7.79. The summed E-state index contributed by atoms with van der Waals surface area (Å²) in [5.41, 5.74) is 0.984. The largest absolute Gasteiger partial charge is 0.417 e. The molecule has 0 atom stereocenters. The highest BCUT2D eigenvalue weighted by Gasteiger charge is 2.31. The number of hydrogen-bond donors (Lipinski definition) is 0. The zero-order valence-electron chi connectivity index (χ0n) is 9.89. The van der Waals surface area contributed by atoms with Crippen molar-refractivity contribution in [1.29, 1.82) is 0 Å². The van der Waals surface area contributed by atoms with Gasteiger partial charge in [-0.05, 0) is 34.1 Å². The van der Waals surface area contributed by atoms with Gasteiger partial charge in [-0.25, -0.2) is 4.98 Å². The van der Waals surface area contributed by atoms with Crippen LogP contribution in [0.3, 0.4) is 0 Å². The fraction of sp³-hybridized carbons (Fsp3) is 0.0769. The van der Waals surface area contributed by atoms with Crippen LogP contribution in [0.25, 0.3) is 16.8 Å². The van der Waals surface area contributed by atoms with Gasteiger partial charge in [0.1, 0.15) is 10.3 Å². The zero-order valence-corrected chi connectivity index (χ0v) is 11.5. The van der Waals surface area contributed by atoms with E-state index >= 15 is 0 Å². The van der Waals surface area contributed by atoms with E-state index in [0.29, 0.717) is 16.8 Å². The van der Waals surface area contributed by atoms with Crippen LogP contribution in [0, 0.1) is 0 Å². The van der Waals surface area contributed by atoms with E-state index in [2.05, 4.69) is 25.9 Å². The normalized spacial score (nSPS) is 12.0. The maximum Gasteiger partial charge on any atom is 0.417 e. The van der Waals surface area contributed by atoms with Crippen LogP contribution in [0.4, 0.5) is 13.2 Å². The van der Waals surface area contributed by atoms with E-state index in [1.54, 1.807) is 28.9 Å². The lowest BCUT2D eigenvalue weighted by molar-refractivity contribution is -0.137. The van der Waals surface area contributed by atoms with Crippen molar-refractivity contribution in [3.63, 3.8) is 0 Å². The van der Waals surface area contributed by atoms with Crippen molar-refractivity contribution in [2.45, 2.75) is 6.18 Å². The fourth-order valence-electron chi connectivity index (χ4n) is 1.87. The first-order valence-corrected chi connectivity index (χ1v) is 6.40. The molecule has 0 spiro atoms. The molecule has 3 rings (SSSR count). The van der Waals surface area contributed by atoms with Gasteiger partial charge in [0, 0.05) is 29.7 Å². The number of pyridine rings is 2. The molecule has 3 aromatic rings. The van der Waals surface area contributed by atoms with Crippen molar-refractivity contribution in [2.75, 3.05) is 0 Å². The first-order chi connectivity index (χ1) is 9.45. The smallest absolute Gasteiger partial charge is 0.294 e. The van der Waals surface area contributed by atoms with E-state index in [1.807, 2.05) is 0 Å². The maximum atomic E-state index is 12.7. The molecule has 102 valence electrons. The summed E-state index contributed by atoms with van der Waals surface area (Å²) >= 11 is 3.32. The highest BCUT2D eigenvalue weighted by atomic mass is 79.9. The third-order valence-corrected chi connectivity index (χ3v) is 3.45. The number of halogens is 4. The van der Waals surface area contributed by atoms with Gasteiger partial charge in [0.25, 0.3) is 0 Å². The molecule has 0 radical (unpaired) electrons. The minimum absolute atomic E-state index is 0.405. The molecule has 0 N–H and O–H groups in total. The Morgan fingerprint density at radius 1 is 1.05 bits per heavy atom. The predicted molar refractivity (Wildman–Crippen MR) is 71.1 cm³/mol.